The van der Waals surface area contributed by atoms with Gasteiger partial charge in [-0.25, -0.2) is 4.79 Å². The van der Waals surface area contributed by atoms with E-state index < -0.39 is 17.8 Å². The zero-order chi connectivity index (χ0) is 12.1. The van der Waals surface area contributed by atoms with Gasteiger partial charge in [0.15, 0.2) is 6.29 Å². The number of methoxy groups -OCH3 is 3. The Morgan fingerprint density at radius 2 is 1.88 bits per heavy atom. The van der Waals surface area contributed by atoms with Gasteiger partial charge in [0.25, 0.3) is 5.56 Å². The zero-order valence-electron chi connectivity index (χ0n) is 9.27. The lowest BCUT2D eigenvalue weighted by molar-refractivity contribution is -0.108. The quantitative estimate of drug-likeness (QED) is 0.597. The van der Waals surface area contributed by atoms with Crippen LogP contribution in [0.3, 0.4) is 0 Å². The number of hydrogen-bond acceptors (Lipinski definition) is 5. The smallest absolute Gasteiger partial charge is 0.343 e. The van der Waals surface area contributed by atoms with E-state index in [9.17, 15) is 9.59 Å². The molecule has 1 heterocycles. The van der Waals surface area contributed by atoms with Crippen LogP contribution in [-0.4, -0.2) is 32.3 Å². The van der Waals surface area contributed by atoms with Crippen LogP contribution in [0.5, 0.6) is 0 Å². The third kappa shape index (κ3) is 2.47. The molecule has 1 rings (SSSR count). The minimum Gasteiger partial charge on any atom is -0.465 e. The molecule has 0 bridgehead atoms. The van der Waals surface area contributed by atoms with Gasteiger partial charge >= 0.3 is 5.97 Å². The van der Waals surface area contributed by atoms with Crippen molar-refractivity contribution in [2.75, 3.05) is 21.3 Å². The summed E-state index contributed by atoms with van der Waals surface area (Å²) in [5.41, 5.74) is -0.164. The fourth-order valence-electron chi connectivity index (χ4n) is 1.25. The molecule has 6 heteroatoms. The predicted octanol–water partition coefficient (Wildman–Crippen LogP) is 0.453. The second-order valence-corrected chi connectivity index (χ2v) is 2.95. The lowest BCUT2D eigenvalue weighted by atomic mass is 10.2. The third-order valence-corrected chi connectivity index (χ3v) is 2.02. The molecular formula is C10H13NO5. The summed E-state index contributed by atoms with van der Waals surface area (Å²) in [7, 11) is 4.10. The van der Waals surface area contributed by atoms with Gasteiger partial charge in [0.1, 0.15) is 5.56 Å². The van der Waals surface area contributed by atoms with Crippen LogP contribution in [0.2, 0.25) is 0 Å². The first kappa shape index (κ1) is 12.4. The fourth-order valence-corrected chi connectivity index (χ4v) is 1.25. The summed E-state index contributed by atoms with van der Waals surface area (Å²) >= 11 is 0. The Hall–Kier alpha value is -1.66. The van der Waals surface area contributed by atoms with Crippen molar-refractivity contribution in [2.45, 2.75) is 6.29 Å². The van der Waals surface area contributed by atoms with Gasteiger partial charge in [0.05, 0.1) is 12.8 Å². The molecule has 1 aromatic rings. The molecule has 0 aromatic carbocycles. The molecule has 0 unspecified atom stereocenters. The van der Waals surface area contributed by atoms with Crippen molar-refractivity contribution < 1.29 is 19.0 Å². The maximum Gasteiger partial charge on any atom is 0.343 e. The molecule has 0 aliphatic heterocycles. The van der Waals surface area contributed by atoms with Crippen LogP contribution in [-0.2, 0) is 14.2 Å². The number of aromatic nitrogens is 1. The maximum atomic E-state index is 11.5. The molecular weight excluding hydrogens is 214 g/mol. The lowest BCUT2D eigenvalue weighted by Gasteiger charge is -2.13. The number of pyridine rings is 1. The van der Waals surface area contributed by atoms with E-state index in [1.165, 1.54) is 33.5 Å². The Bertz CT molecular complexity index is 421. The Morgan fingerprint density at radius 3 is 2.31 bits per heavy atom. The van der Waals surface area contributed by atoms with E-state index in [0.29, 0.717) is 5.69 Å². The molecule has 1 N–H and O–H groups in total. The molecule has 0 fully saturated rings. The number of H-pyrrole nitrogens is 1. The Morgan fingerprint density at radius 1 is 1.25 bits per heavy atom. The van der Waals surface area contributed by atoms with Crippen molar-refractivity contribution in [3.63, 3.8) is 0 Å². The molecule has 0 aliphatic carbocycles. The summed E-state index contributed by atoms with van der Waals surface area (Å²) in [6.07, 6.45) is -0.667. The minimum absolute atomic E-state index is 0.0581. The first-order valence-electron chi connectivity index (χ1n) is 4.51. The van der Waals surface area contributed by atoms with E-state index in [1.54, 1.807) is 0 Å². The highest BCUT2D eigenvalue weighted by Crippen LogP contribution is 2.13. The van der Waals surface area contributed by atoms with Crippen LogP contribution in [0.25, 0.3) is 0 Å². The summed E-state index contributed by atoms with van der Waals surface area (Å²) in [5, 5.41) is 0. The second kappa shape index (κ2) is 5.43. The Balaban J connectivity index is 3.08. The van der Waals surface area contributed by atoms with Crippen molar-refractivity contribution in [1.82, 2.24) is 4.98 Å². The molecule has 6 nitrogen and oxygen atoms in total. The van der Waals surface area contributed by atoms with Gasteiger partial charge in [0, 0.05) is 14.2 Å². The monoisotopic (exact) mass is 227 g/mol. The molecule has 1 aromatic heterocycles. The van der Waals surface area contributed by atoms with Gasteiger partial charge in [-0.3, -0.25) is 4.79 Å². The number of carbonyl (C=O) groups is 1. The first-order valence-corrected chi connectivity index (χ1v) is 4.51. The first-order chi connectivity index (χ1) is 7.63. The molecule has 0 radical (unpaired) electrons. The van der Waals surface area contributed by atoms with Crippen LogP contribution in [0, 0.1) is 0 Å². The van der Waals surface area contributed by atoms with Crippen LogP contribution < -0.4 is 5.56 Å². The van der Waals surface area contributed by atoms with E-state index in [2.05, 4.69) is 9.72 Å². The summed E-state index contributed by atoms with van der Waals surface area (Å²) in [4.78, 5) is 25.1. The van der Waals surface area contributed by atoms with Crippen molar-refractivity contribution >= 4 is 5.97 Å². The lowest BCUT2D eigenvalue weighted by Crippen LogP contribution is -2.21. The largest absolute Gasteiger partial charge is 0.465 e. The molecule has 0 aliphatic rings. The van der Waals surface area contributed by atoms with Gasteiger partial charge < -0.3 is 19.2 Å². The number of rotatable bonds is 4. The van der Waals surface area contributed by atoms with E-state index in [-0.39, 0.29) is 5.56 Å². The Labute approximate surface area is 92.1 Å². The van der Waals surface area contributed by atoms with Gasteiger partial charge in [0.2, 0.25) is 0 Å². The van der Waals surface area contributed by atoms with E-state index in [1.807, 2.05) is 0 Å². The molecule has 88 valence electrons. The normalized spacial score (nSPS) is 10.5. The van der Waals surface area contributed by atoms with E-state index in [4.69, 9.17) is 9.47 Å². The second-order valence-electron chi connectivity index (χ2n) is 2.95. The van der Waals surface area contributed by atoms with Crippen molar-refractivity contribution in [1.29, 1.82) is 0 Å². The van der Waals surface area contributed by atoms with Gasteiger partial charge in [-0.05, 0) is 12.1 Å². The van der Waals surface area contributed by atoms with Gasteiger partial charge in [-0.1, -0.05) is 0 Å². The number of aromatic amines is 1. The van der Waals surface area contributed by atoms with Crippen LogP contribution in [0.4, 0.5) is 0 Å². The highest BCUT2D eigenvalue weighted by Gasteiger charge is 2.14. The summed E-state index contributed by atoms with van der Waals surface area (Å²) in [6.45, 7) is 0. The molecule has 16 heavy (non-hydrogen) atoms. The number of esters is 1. The Kier molecular flexibility index (Phi) is 4.21. The maximum absolute atomic E-state index is 11.5. The van der Waals surface area contributed by atoms with E-state index in [0.717, 1.165) is 0 Å². The fraction of sp³-hybridized carbons (Fsp3) is 0.400. The SMILES string of the molecule is COC(=O)c1ccc(C(OC)OC)[nH]c1=O. The van der Waals surface area contributed by atoms with Gasteiger partial charge in [-0.15, -0.1) is 0 Å². The highest BCUT2D eigenvalue weighted by molar-refractivity contribution is 5.88. The van der Waals surface area contributed by atoms with E-state index >= 15 is 0 Å². The van der Waals surface area contributed by atoms with Crippen molar-refractivity contribution in [3.8, 4) is 0 Å². The van der Waals surface area contributed by atoms with Crippen molar-refractivity contribution in [3.05, 3.63) is 33.7 Å². The number of ether oxygens (including phenoxy) is 3. The molecule has 0 amide bonds. The third-order valence-electron chi connectivity index (χ3n) is 2.02. The molecule has 0 saturated heterocycles. The summed E-state index contributed by atoms with van der Waals surface area (Å²) < 4.78 is 14.4. The number of hydrogen-bond donors (Lipinski definition) is 1. The van der Waals surface area contributed by atoms with Gasteiger partial charge in [-0.2, -0.15) is 0 Å². The average molecular weight is 227 g/mol. The number of carbonyl (C=O) groups excluding carboxylic acids is 1. The summed E-state index contributed by atoms with van der Waals surface area (Å²) in [6, 6.07) is 2.90. The number of nitrogens with one attached hydrogen (secondary N) is 1. The summed E-state index contributed by atoms with van der Waals surface area (Å²) in [5.74, 6) is -0.681. The highest BCUT2D eigenvalue weighted by atomic mass is 16.7. The molecule has 0 saturated carbocycles. The zero-order valence-corrected chi connectivity index (χ0v) is 9.27. The molecule has 0 atom stereocenters. The molecule has 0 spiro atoms. The standard InChI is InChI=1S/C10H13NO5/c1-14-9(13)6-4-5-7(11-8(6)12)10(15-2)16-3/h4-5,10H,1-3H3,(H,11,12). The average Bonchev–Trinajstić information content (AvgIpc) is 2.30. The van der Waals surface area contributed by atoms with Crippen molar-refractivity contribution in [2.24, 2.45) is 0 Å². The minimum atomic E-state index is -0.681. The topological polar surface area (TPSA) is 77.6 Å². The van der Waals surface area contributed by atoms with Crippen LogP contribution >= 0.6 is 0 Å². The van der Waals surface area contributed by atoms with Crippen LogP contribution in [0.15, 0.2) is 16.9 Å². The predicted molar refractivity (Wildman–Crippen MR) is 55.2 cm³/mol. The van der Waals surface area contributed by atoms with Crippen LogP contribution in [0.1, 0.15) is 22.3 Å².